The highest BCUT2D eigenvalue weighted by atomic mass is 32.2. The maximum absolute atomic E-state index is 12.2. The summed E-state index contributed by atoms with van der Waals surface area (Å²) in [5, 5.41) is 15.7. The first-order valence-electron chi connectivity index (χ1n) is 8.78. The molecule has 0 aliphatic heterocycles. The third-order valence-corrected chi connectivity index (χ3v) is 5.70. The van der Waals surface area contributed by atoms with Crippen LogP contribution in [0, 0.1) is 20.8 Å². The number of aryl methyl sites for hydroxylation is 3. The molecule has 0 spiro atoms. The van der Waals surface area contributed by atoms with Crippen LogP contribution in [0.15, 0.2) is 17.3 Å². The van der Waals surface area contributed by atoms with E-state index in [1.807, 2.05) is 4.68 Å². The summed E-state index contributed by atoms with van der Waals surface area (Å²) in [6, 6.07) is 4.69. The molecule has 1 aliphatic carbocycles. The van der Waals surface area contributed by atoms with Crippen molar-refractivity contribution >= 4 is 17.7 Å². The first-order valence-corrected chi connectivity index (χ1v) is 9.77. The van der Waals surface area contributed by atoms with Crippen molar-refractivity contribution < 1.29 is 4.79 Å². The number of thioether (sulfide) groups is 1. The molecule has 3 rings (SSSR count). The summed E-state index contributed by atoms with van der Waals surface area (Å²) in [5.74, 6) is 0.335. The van der Waals surface area contributed by atoms with Gasteiger partial charge in [0.05, 0.1) is 11.8 Å². The summed E-state index contributed by atoms with van der Waals surface area (Å²) < 4.78 is 1.89. The predicted molar refractivity (Wildman–Crippen MR) is 98.5 cm³/mol. The monoisotopic (exact) mass is 359 g/mol. The van der Waals surface area contributed by atoms with Gasteiger partial charge in [-0.05, 0) is 60.7 Å². The van der Waals surface area contributed by atoms with Crippen molar-refractivity contribution in [1.29, 1.82) is 0 Å². The highest BCUT2D eigenvalue weighted by Gasteiger charge is 2.22. The van der Waals surface area contributed by atoms with E-state index < -0.39 is 0 Å². The van der Waals surface area contributed by atoms with Crippen molar-refractivity contribution in [3.8, 4) is 0 Å². The van der Waals surface area contributed by atoms with Crippen LogP contribution in [0.5, 0.6) is 0 Å². The second-order valence-corrected chi connectivity index (χ2v) is 7.73. The van der Waals surface area contributed by atoms with E-state index in [0.29, 0.717) is 18.3 Å². The molecule has 7 heteroatoms. The summed E-state index contributed by atoms with van der Waals surface area (Å²) in [6.07, 6.45) is 4.70. The second kappa shape index (κ2) is 7.99. The molecule has 0 bridgehead atoms. The van der Waals surface area contributed by atoms with Crippen molar-refractivity contribution in [3.63, 3.8) is 0 Å². The third kappa shape index (κ3) is 4.39. The van der Waals surface area contributed by atoms with E-state index in [1.54, 1.807) is 0 Å². The number of hydrogen-bond donors (Lipinski definition) is 1. The highest BCUT2D eigenvalue weighted by Crippen LogP contribution is 2.31. The molecule has 134 valence electrons. The average Bonchev–Trinajstić information content (AvgIpc) is 3.22. The van der Waals surface area contributed by atoms with Crippen LogP contribution in [0.4, 0.5) is 0 Å². The molecule has 1 aromatic heterocycles. The number of hydrogen-bond acceptors (Lipinski definition) is 5. The average molecular weight is 359 g/mol. The van der Waals surface area contributed by atoms with Crippen molar-refractivity contribution in [2.45, 2.75) is 64.2 Å². The Morgan fingerprint density at radius 2 is 1.92 bits per heavy atom. The first-order chi connectivity index (χ1) is 12.0. The van der Waals surface area contributed by atoms with Crippen LogP contribution >= 0.6 is 11.8 Å². The Morgan fingerprint density at radius 3 is 2.60 bits per heavy atom. The summed E-state index contributed by atoms with van der Waals surface area (Å²) in [4.78, 5) is 12.2. The molecule has 1 N–H and O–H groups in total. The number of carbonyl (C=O) groups is 1. The van der Waals surface area contributed by atoms with E-state index in [1.165, 1.54) is 46.9 Å². The maximum Gasteiger partial charge on any atom is 0.230 e. The molecule has 1 saturated carbocycles. The van der Waals surface area contributed by atoms with E-state index in [4.69, 9.17) is 0 Å². The van der Waals surface area contributed by atoms with E-state index in [2.05, 4.69) is 53.7 Å². The van der Waals surface area contributed by atoms with Crippen LogP contribution in [0.25, 0.3) is 0 Å². The van der Waals surface area contributed by atoms with Crippen LogP contribution < -0.4 is 5.32 Å². The van der Waals surface area contributed by atoms with Crippen molar-refractivity contribution in [2.24, 2.45) is 0 Å². The molecule has 0 atom stereocenters. The fourth-order valence-electron chi connectivity index (χ4n) is 3.52. The standard InChI is InChI=1S/C18H25N5OS/c1-12-8-13(2)16(14(3)9-12)10-19-17(24)11-25-18-20-21-22-23(18)15-6-4-5-7-15/h8-9,15H,4-7,10-11H2,1-3H3,(H,19,24). The third-order valence-electron chi connectivity index (χ3n) is 4.77. The Balaban J connectivity index is 1.53. The number of benzene rings is 1. The number of rotatable bonds is 6. The minimum Gasteiger partial charge on any atom is -0.351 e. The number of amides is 1. The molecule has 2 aromatic rings. The number of tetrazole rings is 1. The molecule has 25 heavy (non-hydrogen) atoms. The van der Waals surface area contributed by atoms with Gasteiger partial charge in [0.15, 0.2) is 0 Å². The lowest BCUT2D eigenvalue weighted by Crippen LogP contribution is -2.25. The Hall–Kier alpha value is -1.89. The van der Waals surface area contributed by atoms with Gasteiger partial charge in [0.2, 0.25) is 11.1 Å². The highest BCUT2D eigenvalue weighted by molar-refractivity contribution is 7.99. The van der Waals surface area contributed by atoms with Gasteiger partial charge >= 0.3 is 0 Å². The molecule has 6 nitrogen and oxygen atoms in total. The summed E-state index contributed by atoms with van der Waals surface area (Å²) in [5.41, 5.74) is 4.88. The van der Waals surface area contributed by atoms with Gasteiger partial charge in [0, 0.05) is 6.54 Å². The first kappa shape index (κ1) is 17.9. The molecule has 1 amide bonds. The smallest absolute Gasteiger partial charge is 0.230 e. The summed E-state index contributed by atoms with van der Waals surface area (Å²) >= 11 is 1.41. The molecule has 0 unspecified atom stereocenters. The van der Waals surface area contributed by atoms with Crippen molar-refractivity contribution in [1.82, 2.24) is 25.5 Å². The van der Waals surface area contributed by atoms with Crippen LogP contribution in [-0.2, 0) is 11.3 Å². The number of carbonyl (C=O) groups excluding carboxylic acids is 1. The summed E-state index contributed by atoms with van der Waals surface area (Å²) in [7, 11) is 0. The Labute approximate surface area is 152 Å². The number of nitrogens with zero attached hydrogens (tertiary/aromatic N) is 4. The maximum atomic E-state index is 12.2. The second-order valence-electron chi connectivity index (χ2n) is 6.79. The molecular weight excluding hydrogens is 334 g/mol. The van der Waals surface area contributed by atoms with Gasteiger partial charge in [0.25, 0.3) is 0 Å². The van der Waals surface area contributed by atoms with E-state index in [-0.39, 0.29) is 5.91 Å². The molecule has 1 aliphatic rings. The molecule has 0 radical (unpaired) electrons. The van der Waals surface area contributed by atoms with Crippen molar-refractivity contribution in [3.05, 3.63) is 34.4 Å². The molecule has 1 aromatic carbocycles. The molecule has 1 fully saturated rings. The van der Waals surface area contributed by atoms with Gasteiger partial charge in [-0.1, -0.05) is 42.3 Å². The van der Waals surface area contributed by atoms with Gasteiger partial charge < -0.3 is 5.32 Å². The van der Waals surface area contributed by atoms with Gasteiger partial charge in [-0.2, -0.15) is 0 Å². The van der Waals surface area contributed by atoms with Crippen LogP contribution in [0.2, 0.25) is 0 Å². The van der Waals surface area contributed by atoms with E-state index in [0.717, 1.165) is 18.0 Å². The zero-order valence-electron chi connectivity index (χ0n) is 15.1. The van der Waals surface area contributed by atoms with Crippen LogP contribution in [-0.4, -0.2) is 31.9 Å². The van der Waals surface area contributed by atoms with Gasteiger partial charge in [-0.25, -0.2) is 4.68 Å². The lowest BCUT2D eigenvalue weighted by Gasteiger charge is -2.13. The normalized spacial score (nSPS) is 14.8. The number of nitrogens with one attached hydrogen (secondary N) is 1. The fourth-order valence-corrected chi connectivity index (χ4v) is 4.29. The molecule has 1 heterocycles. The lowest BCUT2D eigenvalue weighted by atomic mass is 10.00. The van der Waals surface area contributed by atoms with Gasteiger partial charge in [-0.15, -0.1) is 5.10 Å². The predicted octanol–water partition coefficient (Wildman–Crippen LogP) is 3.12. The molecule has 0 saturated heterocycles. The van der Waals surface area contributed by atoms with Crippen LogP contribution in [0.3, 0.4) is 0 Å². The zero-order valence-corrected chi connectivity index (χ0v) is 15.9. The fraction of sp³-hybridized carbons (Fsp3) is 0.556. The zero-order chi connectivity index (χ0) is 17.8. The van der Waals surface area contributed by atoms with Crippen molar-refractivity contribution in [2.75, 3.05) is 5.75 Å². The quantitative estimate of drug-likeness (QED) is 0.802. The number of aromatic nitrogens is 4. The van der Waals surface area contributed by atoms with Gasteiger partial charge in [-0.3, -0.25) is 4.79 Å². The Bertz CT molecular complexity index is 729. The summed E-state index contributed by atoms with van der Waals surface area (Å²) in [6.45, 7) is 6.83. The van der Waals surface area contributed by atoms with E-state index >= 15 is 0 Å². The Morgan fingerprint density at radius 1 is 1.24 bits per heavy atom. The minimum atomic E-state index is 0.00495. The Kier molecular flexibility index (Phi) is 5.73. The SMILES string of the molecule is Cc1cc(C)c(CNC(=O)CSc2nnnn2C2CCCC2)c(C)c1. The largest absolute Gasteiger partial charge is 0.351 e. The minimum absolute atomic E-state index is 0.00495. The topological polar surface area (TPSA) is 72.7 Å². The van der Waals surface area contributed by atoms with E-state index in [9.17, 15) is 4.79 Å². The van der Waals surface area contributed by atoms with Gasteiger partial charge in [0.1, 0.15) is 0 Å². The van der Waals surface area contributed by atoms with Crippen LogP contribution in [0.1, 0.15) is 54.0 Å². The lowest BCUT2D eigenvalue weighted by molar-refractivity contribution is -0.118. The molecular formula is C18H25N5OS.